The molecule has 0 saturated carbocycles. The molecular weight excluding hydrogens is 484 g/mol. The highest BCUT2D eigenvalue weighted by atomic mass is 35.5. The zero-order valence-electron chi connectivity index (χ0n) is 20.0. The molecule has 0 fully saturated rings. The molecule has 0 unspecified atom stereocenters. The Bertz CT molecular complexity index is 1560. The molecule has 0 aliphatic heterocycles. The lowest BCUT2D eigenvalue weighted by molar-refractivity contribution is 0.415. The number of aliphatic imine (C=N–C) groups is 1. The molecule has 1 aromatic heterocycles. The summed E-state index contributed by atoms with van der Waals surface area (Å²) in [4.78, 5) is 9.51. The predicted octanol–water partition coefficient (Wildman–Crippen LogP) is 7.22. The Morgan fingerprint density at radius 2 is 1.51 bits per heavy atom. The minimum atomic E-state index is 0.0690. The van der Waals surface area contributed by atoms with Crippen LogP contribution in [0, 0.1) is 0 Å². The van der Waals surface area contributed by atoms with Gasteiger partial charge in [0.15, 0.2) is 0 Å². The molecule has 5 rings (SSSR count). The van der Waals surface area contributed by atoms with E-state index in [9.17, 15) is 5.11 Å². The maximum atomic E-state index is 10.3. The van der Waals surface area contributed by atoms with Crippen LogP contribution in [0.2, 0.25) is 5.02 Å². The molecule has 0 atom stereocenters. The summed E-state index contributed by atoms with van der Waals surface area (Å²) in [5, 5.41) is 15.6. The van der Waals surface area contributed by atoms with Crippen molar-refractivity contribution in [1.82, 2.24) is 9.66 Å². The molecular formula is C30H23ClN4O2. The van der Waals surface area contributed by atoms with E-state index >= 15 is 0 Å². The second-order valence-corrected chi connectivity index (χ2v) is 8.57. The lowest BCUT2D eigenvalue weighted by atomic mass is 10.1. The van der Waals surface area contributed by atoms with Crippen molar-refractivity contribution in [1.29, 1.82) is 0 Å². The summed E-state index contributed by atoms with van der Waals surface area (Å²) in [7, 11) is 1.63. The average Bonchev–Trinajstić information content (AvgIpc) is 3.32. The van der Waals surface area contributed by atoms with Gasteiger partial charge in [-0.2, -0.15) is 9.78 Å². The molecule has 0 saturated heterocycles. The maximum Gasteiger partial charge on any atom is 0.251 e. The van der Waals surface area contributed by atoms with Crippen molar-refractivity contribution in [2.45, 2.75) is 0 Å². The summed E-state index contributed by atoms with van der Waals surface area (Å²) in [5.41, 5.74) is 4.76. The monoisotopic (exact) mass is 506 g/mol. The normalized spacial score (nSPS) is 11.4. The van der Waals surface area contributed by atoms with E-state index in [-0.39, 0.29) is 5.75 Å². The smallest absolute Gasteiger partial charge is 0.251 e. The van der Waals surface area contributed by atoms with Crippen LogP contribution in [0.25, 0.3) is 22.5 Å². The van der Waals surface area contributed by atoms with Crippen LogP contribution in [0.5, 0.6) is 11.5 Å². The number of hydrogen-bond acceptors (Lipinski definition) is 5. The second kappa shape index (κ2) is 10.9. The zero-order valence-corrected chi connectivity index (χ0v) is 20.7. The number of phenolic OH excluding ortho intramolecular Hbond substituents is 1. The quantitative estimate of drug-likeness (QED) is 0.237. The van der Waals surface area contributed by atoms with Gasteiger partial charge in [-0.1, -0.05) is 72.3 Å². The fraction of sp³-hybridized carbons (Fsp3) is 0.0333. The van der Waals surface area contributed by atoms with Gasteiger partial charge in [0.2, 0.25) is 0 Å². The Balaban J connectivity index is 1.69. The number of imidazole rings is 1. The number of halogens is 1. The minimum absolute atomic E-state index is 0.0690. The van der Waals surface area contributed by atoms with E-state index in [0.29, 0.717) is 16.5 Å². The van der Waals surface area contributed by atoms with Crippen molar-refractivity contribution in [3.05, 3.63) is 119 Å². The number of aromatic hydroxyl groups is 1. The Morgan fingerprint density at radius 3 is 2.19 bits per heavy atom. The van der Waals surface area contributed by atoms with Crippen LogP contribution in [0.1, 0.15) is 11.1 Å². The third-order valence-electron chi connectivity index (χ3n) is 5.68. The van der Waals surface area contributed by atoms with Gasteiger partial charge in [0.1, 0.15) is 22.9 Å². The van der Waals surface area contributed by atoms with Crippen LogP contribution in [0.15, 0.2) is 113 Å². The second-order valence-electron chi connectivity index (χ2n) is 8.13. The summed E-state index contributed by atoms with van der Waals surface area (Å²) in [5.74, 6) is 1.18. The van der Waals surface area contributed by atoms with Crippen molar-refractivity contribution >= 4 is 30.0 Å². The van der Waals surface area contributed by atoms with Crippen LogP contribution in [-0.2, 0) is 0 Å². The first kappa shape index (κ1) is 24.0. The molecule has 0 amide bonds. The standard InChI is InChI=1S/C30H23ClN4O2/c1-37-26-15-12-21(13-16-26)19-33-35-29(23-10-6-3-7-11-23)28(22-8-4-2-5-9-22)34-30(35)32-20-24-18-25(31)14-17-27(24)36/h2-20,36H,1H3/b32-20+,33-19+. The third-order valence-corrected chi connectivity index (χ3v) is 5.91. The molecule has 7 heteroatoms. The highest BCUT2D eigenvalue weighted by Crippen LogP contribution is 2.35. The summed E-state index contributed by atoms with van der Waals surface area (Å²) in [6.45, 7) is 0. The van der Waals surface area contributed by atoms with E-state index in [2.05, 4.69) is 4.99 Å². The molecule has 5 aromatic rings. The Kier molecular flexibility index (Phi) is 7.10. The van der Waals surface area contributed by atoms with Crippen LogP contribution in [0.4, 0.5) is 5.95 Å². The summed E-state index contributed by atoms with van der Waals surface area (Å²) < 4.78 is 6.97. The summed E-state index contributed by atoms with van der Waals surface area (Å²) in [6, 6.07) is 32.2. The number of methoxy groups -OCH3 is 1. The van der Waals surface area contributed by atoms with Crippen LogP contribution < -0.4 is 4.74 Å². The Labute approximate surface area is 219 Å². The molecule has 0 radical (unpaired) electrons. The van der Waals surface area contributed by atoms with Gasteiger partial charge in [0.05, 0.1) is 13.3 Å². The molecule has 0 spiro atoms. The molecule has 1 N–H and O–H groups in total. The van der Waals surface area contributed by atoms with Crippen molar-refractivity contribution in [3.63, 3.8) is 0 Å². The molecule has 6 nitrogen and oxygen atoms in total. The number of rotatable bonds is 7. The van der Waals surface area contributed by atoms with Crippen LogP contribution >= 0.6 is 11.6 Å². The minimum Gasteiger partial charge on any atom is -0.507 e. The zero-order chi connectivity index (χ0) is 25.6. The highest BCUT2D eigenvalue weighted by Gasteiger charge is 2.20. The summed E-state index contributed by atoms with van der Waals surface area (Å²) in [6.07, 6.45) is 3.28. The molecule has 0 aliphatic rings. The number of phenols is 1. The van der Waals surface area contributed by atoms with Crippen molar-refractivity contribution in [2.24, 2.45) is 10.1 Å². The van der Waals surface area contributed by atoms with Gasteiger partial charge < -0.3 is 9.84 Å². The topological polar surface area (TPSA) is 72.0 Å². The number of hydrogen-bond donors (Lipinski definition) is 1. The molecule has 182 valence electrons. The van der Waals surface area contributed by atoms with Gasteiger partial charge in [-0.3, -0.25) is 0 Å². The molecule has 37 heavy (non-hydrogen) atoms. The van der Waals surface area contributed by atoms with E-state index in [1.165, 1.54) is 12.3 Å². The number of nitrogens with zero attached hydrogens (tertiary/aromatic N) is 4. The van der Waals surface area contributed by atoms with E-state index in [4.69, 9.17) is 26.4 Å². The van der Waals surface area contributed by atoms with Gasteiger partial charge in [0, 0.05) is 27.9 Å². The molecule has 0 aliphatic carbocycles. The Hall–Kier alpha value is -4.68. The maximum absolute atomic E-state index is 10.3. The number of ether oxygens (including phenoxy) is 1. The first-order valence-electron chi connectivity index (χ1n) is 11.6. The Morgan fingerprint density at radius 1 is 0.838 bits per heavy atom. The van der Waals surface area contributed by atoms with E-state index < -0.39 is 0 Å². The molecule has 0 bridgehead atoms. The first-order valence-corrected chi connectivity index (χ1v) is 11.9. The van der Waals surface area contributed by atoms with Crippen LogP contribution in [-0.4, -0.2) is 34.3 Å². The van der Waals surface area contributed by atoms with Gasteiger partial charge in [-0.15, -0.1) is 0 Å². The van der Waals surface area contributed by atoms with Crippen molar-refractivity contribution < 1.29 is 9.84 Å². The van der Waals surface area contributed by atoms with E-state index in [0.717, 1.165) is 33.8 Å². The third kappa shape index (κ3) is 5.44. The average molecular weight is 507 g/mol. The highest BCUT2D eigenvalue weighted by molar-refractivity contribution is 6.30. The first-order chi connectivity index (χ1) is 18.1. The lowest BCUT2D eigenvalue weighted by Gasteiger charge is -2.07. The van der Waals surface area contributed by atoms with Gasteiger partial charge in [-0.05, 0) is 48.0 Å². The largest absolute Gasteiger partial charge is 0.507 e. The van der Waals surface area contributed by atoms with Crippen LogP contribution in [0.3, 0.4) is 0 Å². The van der Waals surface area contributed by atoms with Gasteiger partial charge in [-0.25, -0.2) is 9.98 Å². The van der Waals surface area contributed by atoms with E-state index in [1.54, 1.807) is 30.1 Å². The summed E-state index contributed by atoms with van der Waals surface area (Å²) >= 11 is 6.13. The van der Waals surface area contributed by atoms with Gasteiger partial charge >= 0.3 is 0 Å². The van der Waals surface area contributed by atoms with Gasteiger partial charge in [0.25, 0.3) is 5.95 Å². The number of aromatic nitrogens is 2. The fourth-order valence-corrected chi connectivity index (χ4v) is 4.00. The van der Waals surface area contributed by atoms with Crippen molar-refractivity contribution in [3.8, 4) is 34.0 Å². The molecule has 1 heterocycles. The predicted molar refractivity (Wildman–Crippen MR) is 149 cm³/mol. The number of benzene rings is 4. The lowest BCUT2D eigenvalue weighted by Crippen LogP contribution is -1.95. The van der Waals surface area contributed by atoms with Crippen molar-refractivity contribution in [2.75, 3.05) is 7.11 Å². The van der Waals surface area contributed by atoms with E-state index in [1.807, 2.05) is 84.9 Å². The fourth-order valence-electron chi connectivity index (χ4n) is 3.82. The SMILES string of the molecule is COc1ccc(/C=N/n2c(/N=C/c3cc(Cl)ccc3O)nc(-c3ccccc3)c2-c2ccccc2)cc1. The molecule has 4 aromatic carbocycles.